The van der Waals surface area contributed by atoms with Crippen molar-refractivity contribution >= 4 is 11.9 Å². The number of aromatic carboxylic acids is 2. The third-order valence-electron chi connectivity index (χ3n) is 1.22. The molecule has 16 heavy (non-hydrogen) atoms. The predicted octanol–water partition coefficient (Wildman–Crippen LogP) is -4.86. The van der Waals surface area contributed by atoms with Crippen LogP contribution < -0.4 is 10.2 Å². The molecule has 8 nitrogen and oxygen atoms in total. The van der Waals surface area contributed by atoms with Gasteiger partial charge in [-0.2, -0.15) is 0 Å². The second-order valence-corrected chi connectivity index (χ2v) is 1.97. The van der Waals surface area contributed by atoms with Crippen LogP contribution in [0.4, 0.5) is 0 Å². The van der Waals surface area contributed by atoms with E-state index in [1.54, 1.807) is 0 Å². The Balaban J connectivity index is -0.000000180. The summed E-state index contributed by atoms with van der Waals surface area (Å²) in [7, 11) is 0. The van der Waals surface area contributed by atoms with Gasteiger partial charge in [-0.3, -0.25) is 4.98 Å². The van der Waals surface area contributed by atoms with E-state index in [-0.39, 0.29) is 37.5 Å². The van der Waals surface area contributed by atoms with Crippen LogP contribution in [0.25, 0.3) is 0 Å². The van der Waals surface area contributed by atoms with Crippen molar-refractivity contribution in [2.24, 2.45) is 0 Å². The number of rotatable bonds is 2. The summed E-state index contributed by atoms with van der Waals surface area (Å²) in [6, 6.07) is 2.39. The molecule has 0 amide bonds. The number of carbonyl (C=O) groups is 2. The van der Waals surface area contributed by atoms with E-state index >= 15 is 0 Å². The molecule has 0 fully saturated rings. The molecule has 0 radical (unpaired) electrons. The van der Waals surface area contributed by atoms with Crippen molar-refractivity contribution in [2.75, 3.05) is 0 Å². The topological polar surface area (TPSA) is 191 Å². The van der Waals surface area contributed by atoms with Gasteiger partial charge >= 0.3 is 21.1 Å². The van der Waals surface area contributed by atoms with Crippen molar-refractivity contribution in [3.8, 4) is 0 Å². The van der Waals surface area contributed by atoms with E-state index in [0.717, 1.165) is 12.3 Å². The molecule has 1 heterocycles. The van der Waals surface area contributed by atoms with Crippen molar-refractivity contribution < 1.29 is 57.3 Å². The minimum absolute atomic E-state index is 0. The smallest absolute Gasteiger partial charge is 0.545 e. The molecule has 0 saturated carbocycles. The molecule has 0 spiro atoms. The maximum absolute atomic E-state index is 10.3. The van der Waals surface area contributed by atoms with E-state index in [9.17, 15) is 19.8 Å². The number of carboxylic acids is 2. The molecule has 0 bridgehead atoms. The van der Waals surface area contributed by atoms with Crippen LogP contribution in [0.2, 0.25) is 0 Å². The van der Waals surface area contributed by atoms with Gasteiger partial charge in [0, 0.05) is 11.8 Å². The number of carboxylic acid groups (broad SMARTS) is 2. The van der Waals surface area contributed by atoms with E-state index in [1.807, 2.05) is 0 Å². The number of pyridine rings is 1. The van der Waals surface area contributed by atoms with E-state index in [0.29, 0.717) is 0 Å². The van der Waals surface area contributed by atoms with Crippen LogP contribution in [0.1, 0.15) is 20.8 Å². The van der Waals surface area contributed by atoms with E-state index in [4.69, 9.17) is 0 Å². The van der Waals surface area contributed by atoms with E-state index in [2.05, 4.69) is 4.98 Å². The molecule has 8 N–H and O–H groups in total. The Morgan fingerprint density at radius 2 is 1.62 bits per heavy atom. The first-order valence-corrected chi connectivity index (χ1v) is 3.00. The van der Waals surface area contributed by atoms with Gasteiger partial charge in [-0.15, -0.1) is 0 Å². The molecule has 9 heteroatoms. The first kappa shape index (κ1) is 24.1. The third-order valence-corrected chi connectivity index (χ3v) is 1.22. The molecule has 0 aromatic carbocycles. The number of carbonyl (C=O) groups excluding carboxylic acids is 2. The summed E-state index contributed by atoms with van der Waals surface area (Å²) in [5.74, 6) is -3.21. The largest absolute Gasteiger partial charge is 2.00 e. The Labute approximate surface area is 104 Å². The molecule has 0 atom stereocenters. The van der Waals surface area contributed by atoms with Gasteiger partial charge in [-0.05, 0) is 12.1 Å². The predicted molar refractivity (Wildman–Crippen MR) is 46.3 cm³/mol. The molecule has 1 aromatic rings. The minimum Gasteiger partial charge on any atom is -0.545 e. The second-order valence-electron chi connectivity index (χ2n) is 1.97. The fourth-order valence-electron chi connectivity index (χ4n) is 0.733. The van der Waals surface area contributed by atoms with Gasteiger partial charge < -0.3 is 36.2 Å². The standard InChI is InChI=1S/C7H5NO4.3H2O.Pt/c9-6(10)4-2-1-3-8-5(4)7(11)12;;;;/h1-3H,(H,9,10)(H,11,12);3*1H2;/q;;;;+2. The van der Waals surface area contributed by atoms with Crippen LogP contribution in [0.5, 0.6) is 0 Å². The molecule has 1 aromatic heterocycles. The van der Waals surface area contributed by atoms with Crippen LogP contribution in [-0.4, -0.2) is 22.4 Å². The van der Waals surface area contributed by atoms with E-state index in [1.165, 1.54) is 6.07 Å². The quantitative estimate of drug-likeness (QED) is 0.436. The molecular weight excluding hydrogens is 405 g/mol. The van der Waals surface area contributed by atoms with Crippen molar-refractivity contribution in [3.63, 3.8) is 0 Å². The van der Waals surface area contributed by atoms with E-state index < -0.39 is 23.2 Å². The third kappa shape index (κ3) is 5.52. The maximum atomic E-state index is 10.3. The van der Waals surface area contributed by atoms with Crippen LogP contribution in [0.15, 0.2) is 18.3 Å². The van der Waals surface area contributed by atoms with Gasteiger partial charge in [0.1, 0.15) is 0 Å². The van der Waals surface area contributed by atoms with Crippen molar-refractivity contribution in [1.82, 2.24) is 4.98 Å². The molecular formula is C7H11NO7Pt+2. The second kappa shape index (κ2) is 10.2. The first-order chi connectivity index (χ1) is 5.63. The zero-order valence-electron chi connectivity index (χ0n) is 7.78. The Bertz CT molecular complexity index is 310. The summed E-state index contributed by atoms with van der Waals surface area (Å²) >= 11 is 0. The molecule has 0 aliphatic heterocycles. The molecule has 0 aliphatic carbocycles. The summed E-state index contributed by atoms with van der Waals surface area (Å²) in [5, 5.41) is 20.5. The van der Waals surface area contributed by atoms with Crippen LogP contribution in [-0.2, 0) is 32.0 Å². The summed E-state index contributed by atoms with van der Waals surface area (Å²) in [6.45, 7) is 0. The van der Waals surface area contributed by atoms with Gasteiger partial charge in [0.05, 0.1) is 17.6 Å². The summed E-state index contributed by atoms with van der Waals surface area (Å²) < 4.78 is 0. The summed E-state index contributed by atoms with van der Waals surface area (Å²) in [5.41, 5.74) is -1.09. The minimum atomic E-state index is -1.63. The van der Waals surface area contributed by atoms with Crippen molar-refractivity contribution in [2.45, 2.75) is 0 Å². The van der Waals surface area contributed by atoms with Gasteiger partial charge in [0.15, 0.2) is 0 Å². The molecule has 0 unspecified atom stereocenters. The SMILES string of the molecule is O.O=C([O-])c1cccnc1C(=O)[O-].[OH3+].[OH3+].[Pt+2]. The number of hydrogen-bond donors (Lipinski definition) is 0. The zero-order chi connectivity index (χ0) is 9.14. The van der Waals surface area contributed by atoms with Gasteiger partial charge in [-0.25, -0.2) is 0 Å². The maximum Gasteiger partial charge on any atom is 2.00 e. The molecule has 94 valence electrons. The average Bonchev–Trinajstić information content (AvgIpc) is 2.04. The van der Waals surface area contributed by atoms with Gasteiger partial charge in [-0.1, -0.05) is 0 Å². The average molecular weight is 416 g/mol. The van der Waals surface area contributed by atoms with Crippen molar-refractivity contribution in [3.05, 3.63) is 29.6 Å². The fourth-order valence-corrected chi connectivity index (χ4v) is 0.733. The van der Waals surface area contributed by atoms with Gasteiger partial charge in [0.2, 0.25) is 0 Å². The number of hydrogen-bond acceptors (Lipinski definition) is 5. The Hall–Kier alpha value is -1.34. The Kier molecular flexibility index (Phi) is 15.3. The number of aromatic nitrogens is 1. The Morgan fingerprint density at radius 1 is 1.12 bits per heavy atom. The monoisotopic (exact) mass is 416 g/mol. The normalized spacial score (nSPS) is 7.00. The van der Waals surface area contributed by atoms with Crippen LogP contribution in [0, 0.1) is 0 Å². The van der Waals surface area contributed by atoms with Crippen LogP contribution >= 0.6 is 0 Å². The number of nitrogens with zero attached hydrogens (tertiary/aromatic N) is 1. The Morgan fingerprint density at radius 3 is 1.94 bits per heavy atom. The fraction of sp³-hybridized carbons (Fsp3) is 0. The molecule has 0 saturated heterocycles. The first-order valence-electron chi connectivity index (χ1n) is 3.00. The summed E-state index contributed by atoms with van der Waals surface area (Å²) in [4.78, 5) is 23.9. The molecule has 1 rings (SSSR count). The van der Waals surface area contributed by atoms with Gasteiger partial charge in [0.25, 0.3) is 0 Å². The van der Waals surface area contributed by atoms with Crippen molar-refractivity contribution in [1.29, 1.82) is 0 Å². The summed E-state index contributed by atoms with van der Waals surface area (Å²) in [6.07, 6.45) is 1.16. The zero-order valence-corrected chi connectivity index (χ0v) is 10.1. The van der Waals surface area contributed by atoms with Crippen LogP contribution in [0.3, 0.4) is 0 Å². The molecule has 0 aliphatic rings.